The van der Waals surface area contributed by atoms with E-state index in [1.54, 1.807) is 7.11 Å². The molecule has 0 heterocycles. The van der Waals surface area contributed by atoms with Crippen LogP contribution in [0, 0.1) is 0 Å². The van der Waals surface area contributed by atoms with Crippen LogP contribution in [0.3, 0.4) is 0 Å². The van der Waals surface area contributed by atoms with Crippen LogP contribution in [0.5, 0.6) is 0 Å². The first-order valence-corrected chi connectivity index (χ1v) is 5.95. The van der Waals surface area contributed by atoms with Gasteiger partial charge in [-0.15, -0.1) is 0 Å². The van der Waals surface area contributed by atoms with Gasteiger partial charge in [-0.3, -0.25) is 0 Å². The van der Waals surface area contributed by atoms with E-state index in [1.165, 1.54) is 5.56 Å². The summed E-state index contributed by atoms with van der Waals surface area (Å²) in [6, 6.07) is 7.78. The van der Waals surface area contributed by atoms with Crippen molar-refractivity contribution in [1.82, 2.24) is 0 Å². The van der Waals surface area contributed by atoms with Gasteiger partial charge in [0.2, 0.25) is 0 Å². The normalized spacial score (nSPS) is 16.8. The number of hydrogen-bond donors (Lipinski definition) is 1. The highest BCUT2D eigenvalue weighted by Crippen LogP contribution is 2.21. The number of ether oxygens (including phenoxy) is 1. The molecule has 3 heteroatoms. The summed E-state index contributed by atoms with van der Waals surface area (Å²) < 4.78 is 5.49. The number of methoxy groups -OCH3 is 1. The lowest BCUT2D eigenvalue weighted by Gasteiger charge is -2.33. The zero-order valence-electron chi connectivity index (χ0n) is 10.2. The first-order chi connectivity index (χ1) is 7.51. The summed E-state index contributed by atoms with van der Waals surface area (Å²) in [5.41, 5.74) is 7.11. The lowest BCUT2D eigenvalue weighted by molar-refractivity contribution is -0.0184. The van der Waals surface area contributed by atoms with E-state index in [2.05, 4.69) is 6.92 Å². The Hall–Kier alpha value is -0.570. The van der Waals surface area contributed by atoms with Gasteiger partial charge in [0, 0.05) is 18.2 Å². The SMILES string of the molecule is CCC(C)(OC)C(N)Cc1ccc(Cl)cc1. The van der Waals surface area contributed by atoms with Gasteiger partial charge < -0.3 is 10.5 Å². The molecule has 1 aromatic carbocycles. The van der Waals surface area contributed by atoms with Crippen molar-refractivity contribution in [1.29, 1.82) is 0 Å². The maximum atomic E-state index is 6.19. The van der Waals surface area contributed by atoms with E-state index in [0.29, 0.717) is 0 Å². The largest absolute Gasteiger partial charge is 0.377 e. The van der Waals surface area contributed by atoms with Gasteiger partial charge in [-0.1, -0.05) is 30.7 Å². The van der Waals surface area contributed by atoms with Crippen molar-refractivity contribution in [2.24, 2.45) is 5.73 Å². The monoisotopic (exact) mass is 241 g/mol. The molecule has 1 rings (SSSR count). The minimum Gasteiger partial charge on any atom is -0.377 e. The number of hydrogen-bond acceptors (Lipinski definition) is 2. The first-order valence-electron chi connectivity index (χ1n) is 5.57. The molecule has 2 N–H and O–H groups in total. The van der Waals surface area contributed by atoms with Crippen LogP contribution < -0.4 is 5.73 Å². The minimum atomic E-state index is -0.264. The van der Waals surface area contributed by atoms with E-state index in [4.69, 9.17) is 22.1 Å². The molecular formula is C13H20ClNO. The molecule has 0 saturated heterocycles. The molecule has 0 fully saturated rings. The summed E-state index contributed by atoms with van der Waals surface area (Å²) in [6.07, 6.45) is 1.70. The molecule has 0 aliphatic rings. The Labute approximate surface area is 103 Å². The van der Waals surface area contributed by atoms with Crippen LogP contribution in [0.1, 0.15) is 25.8 Å². The summed E-state index contributed by atoms with van der Waals surface area (Å²) in [6.45, 7) is 4.14. The first kappa shape index (κ1) is 13.5. The fourth-order valence-electron chi connectivity index (χ4n) is 1.65. The Bertz CT molecular complexity index is 319. The highest BCUT2D eigenvalue weighted by atomic mass is 35.5. The second-order valence-electron chi connectivity index (χ2n) is 4.31. The van der Waals surface area contributed by atoms with E-state index in [-0.39, 0.29) is 11.6 Å². The molecule has 0 aliphatic heterocycles. The summed E-state index contributed by atoms with van der Waals surface area (Å²) in [7, 11) is 1.71. The molecule has 0 bridgehead atoms. The average molecular weight is 242 g/mol. The minimum absolute atomic E-state index is 0.0105. The molecule has 0 saturated carbocycles. The molecule has 2 nitrogen and oxygen atoms in total. The molecule has 1 aromatic rings. The third-order valence-electron chi connectivity index (χ3n) is 3.32. The van der Waals surface area contributed by atoms with Gasteiger partial charge in [0.05, 0.1) is 5.60 Å². The molecule has 16 heavy (non-hydrogen) atoms. The van der Waals surface area contributed by atoms with Crippen LogP contribution in [0.25, 0.3) is 0 Å². The molecular weight excluding hydrogens is 222 g/mol. The molecule has 0 amide bonds. The predicted octanol–water partition coefficient (Wildman–Crippen LogP) is 3.02. The molecule has 0 aliphatic carbocycles. The van der Waals surface area contributed by atoms with Gasteiger partial charge in [-0.2, -0.15) is 0 Å². The van der Waals surface area contributed by atoms with Gasteiger partial charge in [-0.05, 0) is 37.5 Å². The van der Waals surface area contributed by atoms with Crippen LogP contribution in [0.15, 0.2) is 24.3 Å². The topological polar surface area (TPSA) is 35.2 Å². The Morgan fingerprint density at radius 1 is 1.38 bits per heavy atom. The summed E-state index contributed by atoms with van der Waals surface area (Å²) >= 11 is 5.84. The van der Waals surface area contributed by atoms with Gasteiger partial charge in [0.25, 0.3) is 0 Å². The van der Waals surface area contributed by atoms with E-state index in [0.717, 1.165) is 17.9 Å². The van der Waals surface area contributed by atoms with Gasteiger partial charge in [-0.25, -0.2) is 0 Å². The Kier molecular flexibility index (Phi) is 4.78. The third-order valence-corrected chi connectivity index (χ3v) is 3.57. The molecule has 0 radical (unpaired) electrons. The van der Waals surface area contributed by atoms with Crippen LogP contribution >= 0.6 is 11.6 Å². The number of benzene rings is 1. The van der Waals surface area contributed by atoms with Crippen molar-refractivity contribution in [3.8, 4) is 0 Å². The van der Waals surface area contributed by atoms with Crippen molar-refractivity contribution >= 4 is 11.6 Å². The van der Waals surface area contributed by atoms with Crippen molar-refractivity contribution in [3.05, 3.63) is 34.9 Å². The molecule has 0 aromatic heterocycles. The van der Waals surface area contributed by atoms with Crippen molar-refractivity contribution in [2.45, 2.75) is 38.3 Å². The van der Waals surface area contributed by atoms with Crippen LogP contribution in [0.4, 0.5) is 0 Å². The van der Waals surface area contributed by atoms with Crippen LogP contribution in [-0.4, -0.2) is 18.8 Å². The molecule has 0 spiro atoms. The number of halogens is 1. The standard InChI is InChI=1S/C13H20ClNO/c1-4-13(2,16-3)12(15)9-10-5-7-11(14)8-6-10/h5-8,12H,4,9,15H2,1-3H3. The summed E-state index contributed by atoms with van der Waals surface area (Å²) in [5.74, 6) is 0. The molecule has 2 unspecified atom stereocenters. The van der Waals surface area contributed by atoms with Crippen LogP contribution in [-0.2, 0) is 11.2 Å². The number of nitrogens with two attached hydrogens (primary N) is 1. The zero-order valence-corrected chi connectivity index (χ0v) is 10.9. The highest BCUT2D eigenvalue weighted by molar-refractivity contribution is 6.30. The smallest absolute Gasteiger partial charge is 0.0801 e. The lowest BCUT2D eigenvalue weighted by atomic mass is 9.89. The Morgan fingerprint density at radius 3 is 2.38 bits per heavy atom. The zero-order chi connectivity index (χ0) is 12.2. The fraction of sp³-hybridized carbons (Fsp3) is 0.538. The van der Waals surface area contributed by atoms with E-state index < -0.39 is 0 Å². The third kappa shape index (κ3) is 3.21. The van der Waals surface area contributed by atoms with Crippen LogP contribution in [0.2, 0.25) is 5.02 Å². The van der Waals surface area contributed by atoms with Crippen molar-refractivity contribution in [3.63, 3.8) is 0 Å². The second kappa shape index (κ2) is 5.67. The van der Waals surface area contributed by atoms with E-state index in [1.807, 2.05) is 31.2 Å². The number of rotatable bonds is 5. The second-order valence-corrected chi connectivity index (χ2v) is 4.74. The Morgan fingerprint density at radius 2 is 1.94 bits per heavy atom. The summed E-state index contributed by atoms with van der Waals surface area (Å²) in [5, 5.41) is 0.752. The molecule has 90 valence electrons. The van der Waals surface area contributed by atoms with Gasteiger partial charge in [0.15, 0.2) is 0 Å². The maximum Gasteiger partial charge on any atom is 0.0801 e. The van der Waals surface area contributed by atoms with Gasteiger partial charge in [0.1, 0.15) is 0 Å². The fourth-order valence-corrected chi connectivity index (χ4v) is 1.77. The van der Waals surface area contributed by atoms with Gasteiger partial charge >= 0.3 is 0 Å². The predicted molar refractivity (Wildman–Crippen MR) is 68.8 cm³/mol. The summed E-state index contributed by atoms with van der Waals surface area (Å²) in [4.78, 5) is 0. The maximum absolute atomic E-state index is 6.19. The van der Waals surface area contributed by atoms with E-state index in [9.17, 15) is 0 Å². The average Bonchev–Trinajstić information content (AvgIpc) is 2.31. The quantitative estimate of drug-likeness (QED) is 0.860. The Balaban J connectivity index is 2.70. The van der Waals surface area contributed by atoms with E-state index >= 15 is 0 Å². The van der Waals surface area contributed by atoms with Crippen molar-refractivity contribution < 1.29 is 4.74 Å². The molecule has 2 atom stereocenters. The van der Waals surface area contributed by atoms with Crippen molar-refractivity contribution in [2.75, 3.05) is 7.11 Å². The lowest BCUT2D eigenvalue weighted by Crippen LogP contribution is -2.48. The highest BCUT2D eigenvalue weighted by Gasteiger charge is 2.29.